The minimum atomic E-state index is 0.494. The van der Waals surface area contributed by atoms with E-state index < -0.39 is 0 Å². The van der Waals surface area contributed by atoms with Gasteiger partial charge in [0.05, 0.1) is 10.7 Å². The van der Waals surface area contributed by atoms with Crippen molar-refractivity contribution in [1.29, 1.82) is 0 Å². The van der Waals surface area contributed by atoms with E-state index in [-0.39, 0.29) is 0 Å². The number of nitrogens with one attached hydrogen (secondary N) is 2. The number of rotatable bonds is 4. The number of nitrogens with zero attached hydrogens (tertiary/aromatic N) is 1. The Kier molecular flexibility index (Phi) is 6.39. The highest BCUT2D eigenvalue weighted by molar-refractivity contribution is 7.80. The second-order valence-electron chi connectivity index (χ2n) is 3.51. The van der Waals surface area contributed by atoms with Crippen LogP contribution in [0.4, 0.5) is 0 Å². The van der Waals surface area contributed by atoms with Gasteiger partial charge in [0.1, 0.15) is 0 Å². The highest BCUT2D eigenvalue weighted by Gasteiger charge is 2.07. The highest BCUT2D eigenvalue weighted by Crippen LogP contribution is 2.22. The van der Waals surface area contributed by atoms with Gasteiger partial charge in [0, 0.05) is 17.1 Å². The van der Waals surface area contributed by atoms with Gasteiger partial charge in [0.2, 0.25) is 0 Å². The van der Waals surface area contributed by atoms with Crippen LogP contribution in [-0.2, 0) is 0 Å². The molecular formula is C12H15Cl2N3S. The fraction of sp³-hybridized carbons (Fsp3) is 0.333. The van der Waals surface area contributed by atoms with E-state index in [1.54, 1.807) is 12.1 Å². The number of hydrogen-bond acceptors (Lipinski definition) is 2. The molecule has 0 aliphatic carbocycles. The fourth-order valence-corrected chi connectivity index (χ4v) is 2.08. The van der Waals surface area contributed by atoms with Gasteiger partial charge in [-0.25, -0.2) is 0 Å². The average Bonchev–Trinajstić information content (AvgIpc) is 2.32. The molecule has 0 unspecified atom stereocenters. The minimum absolute atomic E-state index is 0.494. The summed E-state index contributed by atoms with van der Waals surface area (Å²) in [6, 6.07) is 5.34. The molecule has 2 N–H and O–H groups in total. The molecule has 0 amide bonds. The van der Waals surface area contributed by atoms with Crippen LogP contribution < -0.4 is 10.7 Å². The quantitative estimate of drug-likeness (QED) is 0.507. The summed E-state index contributed by atoms with van der Waals surface area (Å²) in [5.74, 6) is 0. The van der Waals surface area contributed by atoms with Crippen LogP contribution in [0.25, 0.3) is 0 Å². The number of halogens is 2. The Morgan fingerprint density at radius 1 is 1.33 bits per heavy atom. The lowest BCUT2D eigenvalue weighted by Gasteiger charge is -2.09. The maximum absolute atomic E-state index is 6.14. The molecule has 0 saturated carbocycles. The molecule has 1 aromatic rings. The summed E-state index contributed by atoms with van der Waals surface area (Å²) in [6.45, 7) is 4.72. The second-order valence-corrected chi connectivity index (χ2v) is 4.76. The van der Waals surface area contributed by atoms with E-state index >= 15 is 0 Å². The summed E-state index contributed by atoms with van der Waals surface area (Å²) < 4.78 is 0. The number of benzene rings is 1. The lowest BCUT2D eigenvalue weighted by molar-refractivity contribution is 0.897. The topological polar surface area (TPSA) is 36.4 Å². The molecule has 0 radical (unpaired) electrons. The molecule has 1 rings (SSSR count). The normalized spacial score (nSPS) is 11.2. The molecule has 98 valence electrons. The van der Waals surface area contributed by atoms with E-state index in [1.807, 2.05) is 19.9 Å². The molecule has 0 spiro atoms. The third-order valence-electron chi connectivity index (χ3n) is 2.21. The first kappa shape index (κ1) is 15.2. The molecule has 0 aliphatic rings. The van der Waals surface area contributed by atoms with Crippen LogP contribution in [0.15, 0.2) is 23.3 Å². The maximum atomic E-state index is 6.14. The van der Waals surface area contributed by atoms with Crippen molar-refractivity contribution in [2.75, 3.05) is 6.54 Å². The molecule has 0 fully saturated rings. The molecule has 0 heterocycles. The molecule has 0 aromatic heterocycles. The zero-order chi connectivity index (χ0) is 13.5. The predicted octanol–water partition coefficient (Wildman–Crippen LogP) is 3.59. The van der Waals surface area contributed by atoms with E-state index in [2.05, 4.69) is 15.8 Å². The summed E-state index contributed by atoms with van der Waals surface area (Å²) >= 11 is 17.0. The van der Waals surface area contributed by atoms with Crippen LogP contribution >= 0.6 is 35.4 Å². The van der Waals surface area contributed by atoms with Crippen molar-refractivity contribution >= 4 is 46.2 Å². The summed E-state index contributed by atoms with van der Waals surface area (Å²) in [5, 5.41) is 8.90. The lowest BCUT2D eigenvalue weighted by Crippen LogP contribution is -2.32. The van der Waals surface area contributed by atoms with Gasteiger partial charge in [-0.3, -0.25) is 5.43 Å². The van der Waals surface area contributed by atoms with Crippen molar-refractivity contribution in [3.05, 3.63) is 33.8 Å². The molecule has 0 aliphatic heterocycles. The van der Waals surface area contributed by atoms with Crippen LogP contribution in [0.5, 0.6) is 0 Å². The van der Waals surface area contributed by atoms with Crippen molar-refractivity contribution < 1.29 is 0 Å². The van der Waals surface area contributed by atoms with Crippen molar-refractivity contribution in [3.63, 3.8) is 0 Å². The van der Waals surface area contributed by atoms with Gasteiger partial charge in [-0.05, 0) is 37.7 Å². The molecule has 0 atom stereocenters. The van der Waals surface area contributed by atoms with Gasteiger partial charge >= 0.3 is 0 Å². The van der Waals surface area contributed by atoms with Crippen molar-refractivity contribution in [1.82, 2.24) is 10.7 Å². The molecule has 18 heavy (non-hydrogen) atoms. The predicted molar refractivity (Wildman–Crippen MR) is 82.7 cm³/mol. The van der Waals surface area contributed by atoms with Gasteiger partial charge in [0.25, 0.3) is 0 Å². The van der Waals surface area contributed by atoms with E-state index in [1.165, 1.54) is 0 Å². The Hall–Kier alpha value is -0.840. The number of hydrogen-bond donors (Lipinski definition) is 2. The van der Waals surface area contributed by atoms with Crippen LogP contribution in [0, 0.1) is 0 Å². The Bertz CT molecular complexity index is 461. The van der Waals surface area contributed by atoms with E-state index in [0.717, 1.165) is 24.2 Å². The van der Waals surface area contributed by atoms with Gasteiger partial charge in [-0.2, -0.15) is 5.10 Å². The van der Waals surface area contributed by atoms with E-state index in [0.29, 0.717) is 15.2 Å². The zero-order valence-corrected chi connectivity index (χ0v) is 12.6. The molecule has 1 aromatic carbocycles. The lowest BCUT2D eigenvalue weighted by atomic mass is 10.1. The number of hydrazone groups is 1. The van der Waals surface area contributed by atoms with Gasteiger partial charge in [-0.1, -0.05) is 36.2 Å². The van der Waals surface area contributed by atoms with Gasteiger partial charge in [0.15, 0.2) is 5.11 Å². The van der Waals surface area contributed by atoms with Crippen LogP contribution in [0.2, 0.25) is 10.0 Å². The second kappa shape index (κ2) is 7.56. The number of thiocarbonyl (C=S) groups is 1. The standard InChI is InChI=1S/C12H15Cl2N3S/c1-3-11(16-17-12(18)15-4-2)9-6-5-8(13)7-10(9)14/h5-7H,3-4H2,1-2H3,(H2,15,17,18)/b16-11-. The summed E-state index contributed by atoms with van der Waals surface area (Å²) in [7, 11) is 0. The molecule has 3 nitrogen and oxygen atoms in total. The molecular weight excluding hydrogens is 289 g/mol. The van der Waals surface area contributed by atoms with E-state index in [4.69, 9.17) is 35.4 Å². The van der Waals surface area contributed by atoms with Gasteiger partial charge < -0.3 is 5.32 Å². The third-order valence-corrected chi connectivity index (χ3v) is 2.99. The Morgan fingerprint density at radius 2 is 2.06 bits per heavy atom. The van der Waals surface area contributed by atoms with Crippen LogP contribution in [0.1, 0.15) is 25.8 Å². The maximum Gasteiger partial charge on any atom is 0.186 e. The van der Waals surface area contributed by atoms with Crippen molar-refractivity contribution in [2.45, 2.75) is 20.3 Å². The Morgan fingerprint density at radius 3 is 2.61 bits per heavy atom. The summed E-state index contributed by atoms with van der Waals surface area (Å²) in [6.07, 6.45) is 0.739. The summed E-state index contributed by atoms with van der Waals surface area (Å²) in [4.78, 5) is 0. The molecule has 0 saturated heterocycles. The molecule has 6 heteroatoms. The SMILES string of the molecule is CCNC(=S)N/N=C(/CC)c1ccc(Cl)cc1Cl. The largest absolute Gasteiger partial charge is 0.362 e. The van der Waals surface area contributed by atoms with Crippen molar-refractivity contribution in [2.24, 2.45) is 5.10 Å². The van der Waals surface area contributed by atoms with Gasteiger partial charge in [-0.15, -0.1) is 0 Å². The van der Waals surface area contributed by atoms with Crippen molar-refractivity contribution in [3.8, 4) is 0 Å². The molecule has 0 bridgehead atoms. The zero-order valence-electron chi connectivity index (χ0n) is 10.3. The Balaban J connectivity index is 2.88. The highest BCUT2D eigenvalue weighted by atomic mass is 35.5. The average molecular weight is 304 g/mol. The van der Waals surface area contributed by atoms with E-state index in [9.17, 15) is 0 Å². The summed E-state index contributed by atoms with van der Waals surface area (Å²) in [5.41, 5.74) is 4.48. The third kappa shape index (κ3) is 4.44. The first-order valence-corrected chi connectivity index (χ1v) is 6.80. The Labute approximate surface area is 123 Å². The minimum Gasteiger partial charge on any atom is -0.362 e. The van der Waals surface area contributed by atoms with Crippen LogP contribution in [0.3, 0.4) is 0 Å². The monoisotopic (exact) mass is 303 g/mol. The van der Waals surface area contributed by atoms with Crippen LogP contribution in [-0.4, -0.2) is 17.4 Å². The smallest absolute Gasteiger partial charge is 0.186 e. The fourth-order valence-electron chi connectivity index (χ4n) is 1.37. The first-order valence-electron chi connectivity index (χ1n) is 5.64. The first-order chi connectivity index (χ1) is 8.58.